The molecule has 1 unspecified atom stereocenters. The smallest absolute Gasteiger partial charge is 0.118 e. The zero-order chi connectivity index (χ0) is 20.5. The fourth-order valence-electron chi connectivity index (χ4n) is 3.13. The number of nitrogens with one attached hydrogen (secondary N) is 1. The monoisotopic (exact) mass is 451 g/mol. The number of hydrogen-bond donors (Lipinski definition) is 2. The molecular weight excluding hydrogens is 426 g/mol. The first-order chi connectivity index (χ1) is 14.2. The van der Waals surface area contributed by atoms with E-state index in [0.29, 0.717) is 6.42 Å². The maximum absolute atomic E-state index is 10.6. The first-order valence-corrected chi connectivity index (χ1v) is 10.5. The highest BCUT2D eigenvalue weighted by Gasteiger charge is 2.09. The Morgan fingerprint density at radius 3 is 2.48 bits per heavy atom. The summed E-state index contributed by atoms with van der Waals surface area (Å²) in [6, 6.07) is 26.2. The van der Waals surface area contributed by atoms with Crippen LogP contribution in [0.5, 0.6) is 5.75 Å². The molecule has 0 aliphatic heterocycles. The largest absolute Gasteiger partial charge is 0.497 e. The molecule has 0 spiro atoms. The lowest BCUT2D eigenvalue weighted by atomic mass is 10.0. The molecule has 0 fully saturated rings. The Labute approximate surface area is 181 Å². The van der Waals surface area contributed by atoms with Gasteiger partial charge in [-0.2, -0.15) is 0 Å². The van der Waals surface area contributed by atoms with Crippen LogP contribution in [0.25, 0.3) is 5.57 Å². The van der Waals surface area contributed by atoms with Crippen LogP contribution in [0.4, 0.5) is 0 Å². The number of rotatable bonds is 9. The SMILES string of the molecule is COc1ccc(C(O)C/C=C(\CNCc2ccccc2)c2cccc(Br)c2)cc1. The van der Waals surface area contributed by atoms with Crippen molar-refractivity contribution in [2.45, 2.75) is 19.1 Å². The van der Waals surface area contributed by atoms with Gasteiger partial charge in [0.25, 0.3) is 0 Å². The summed E-state index contributed by atoms with van der Waals surface area (Å²) in [7, 11) is 1.64. The highest BCUT2D eigenvalue weighted by molar-refractivity contribution is 9.10. The molecule has 0 aromatic heterocycles. The van der Waals surface area contributed by atoms with E-state index in [-0.39, 0.29) is 0 Å². The van der Waals surface area contributed by atoms with Crippen LogP contribution < -0.4 is 10.1 Å². The Balaban J connectivity index is 1.70. The number of methoxy groups -OCH3 is 1. The topological polar surface area (TPSA) is 41.5 Å². The van der Waals surface area contributed by atoms with Gasteiger partial charge in [-0.25, -0.2) is 0 Å². The van der Waals surface area contributed by atoms with E-state index in [2.05, 4.69) is 51.6 Å². The summed E-state index contributed by atoms with van der Waals surface area (Å²) in [6.45, 7) is 1.52. The lowest BCUT2D eigenvalue weighted by molar-refractivity contribution is 0.181. The van der Waals surface area contributed by atoms with E-state index in [4.69, 9.17) is 4.74 Å². The van der Waals surface area contributed by atoms with Crippen LogP contribution in [0.3, 0.4) is 0 Å². The molecule has 0 saturated carbocycles. The van der Waals surface area contributed by atoms with E-state index in [1.807, 2.05) is 54.6 Å². The van der Waals surface area contributed by atoms with Crippen LogP contribution >= 0.6 is 15.9 Å². The van der Waals surface area contributed by atoms with E-state index in [9.17, 15) is 5.11 Å². The minimum Gasteiger partial charge on any atom is -0.497 e. The van der Waals surface area contributed by atoms with Gasteiger partial charge in [-0.05, 0) is 52.9 Å². The van der Waals surface area contributed by atoms with Crippen LogP contribution in [0.15, 0.2) is 89.4 Å². The minimum atomic E-state index is -0.558. The maximum Gasteiger partial charge on any atom is 0.118 e. The lowest BCUT2D eigenvalue weighted by Gasteiger charge is -2.13. The number of ether oxygens (including phenoxy) is 1. The lowest BCUT2D eigenvalue weighted by Crippen LogP contribution is -2.16. The quantitative estimate of drug-likeness (QED) is 0.434. The average molecular weight is 452 g/mol. The van der Waals surface area contributed by atoms with Gasteiger partial charge in [0.1, 0.15) is 5.75 Å². The second kappa shape index (κ2) is 11.0. The van der Waals surface area contributed by atoms with Gasteiger partial charge in [-0.1, -0.05) is 76.6 Å². The summed E-state index contributed by atoms with van der Waals surface area (Å²) < 4.78 is 6.23. The fraction of sp³-hybridized carbons (Fsp3) is 0.200. The Morgan fingerprint density at radius 2 is 1.79 bits per heavy atom. The number of aliphatic hydroxyl groups is 1. The van der Waals surface area contributed by atoms with E-state index in [0.717, 1.165) is 40.0 Å². The number of aliphatic hydroxyl groups excluding tert-OH is 1. The minimum absolute atomic E-state index is 0.543. The van der Waals surface area contributed by atoms with Gasteiger partial charge >= 0.3 is 0 Å². The highest BCUT2D eigenvalue weighted by atomic mass is 79.9. The van der Waals surface area contributed by atoms with Crippen molar-refractivity contribution in [1.82, 2.24) is 5.32 Å². The third-order valence-corrected chi connectivity index (χ3v) is 5.26. The molecule has 3 aromatic rings. The van der Waals surface area contributed by atoms with Gasteiger partial charge in [0.15, 0.2) is 0 Å². The molecule has 0 amide bonds. The maximum atomic E-state index is 10.6. The first kappa shape index (κ1) is 21.3. The standard InChI is InChI=1S/C25H26BrNO2/c1-29-24-13-10-20(11-14-24)25(28)15-12-22(21-8-5-9-23(26)16-21)18-27-17-19-6-3-2-4-7-19/h2-14,16,25,27-28H,15,17-18H2,1H3/b22-12+. The van der Waals surface area contributed by atoms with Crippen LogP contribution in [0.2, 0.25) is 0 Å². The molecular formula is C25H26BrNO2. The van der Waals surface area contributed by atoms with Crippen molar-refractivity contribution >= 4 is 21.5 Å². The molecule has 0 aliphatic rings. The van der Waals surface area contributed by atoms with Crippen LogP contribution in [-0.2, 0) is 6.54 Å². The molecule has 1 atom stereocenters. The van der Waals surface area contributed by atoms with Crippen LogP contribution in [0.1, 0.15) is 29.2 Å². The van der Waals surface area contributed by atoms with Crippen LogP contribution in [-0.4, -0.2) is 18.8 Å². The van der Waals surface area contributed by atoms with E-state index in [1.54, 1.807) is 7.11 Å². The molecule has 3 rings (SSSR count). The second-order valence-corrected chi connectivity index (χ2v) is 7.77. The molecule has 2 N–H and O–H groups in total. The Kier molecular flexibility index (Phi) is 8.05. The Bertz CT molecular complexity index is 923. The van der Waals surface area contributed by atoms with E-state index in [1.165, 1.54) is 5.56 Å². The molecule has 0 bridgehead atoms. The van der Waals surface area contributed by atoms with Gasteiger partial charge in [0.05, 0.1) is 13.2 Å². The van der Waals surface area contributed by atoms with Crippen molar-refractivity contribution in [2.24, 2.45) is 0 Å². The van der Waals surface area contributed by atoms with Crippen molar-refractivity contribution in [3.63, 3.8) is 0 Å². The Hall–Kier alpha value is -2.40. The Morgan fingerprint density at radius 1 is 1.03 bits per heavy atom. The highest BCUT2D eigenvalue weighted by Crippen LogP contribution is 2.24. The van der Waals surface area contributed by atoms with Gasteiger partial charge in [0.2, 0.25) is 0 Å². The molecule has 0 heterocycles. The molecule has 3 nitrogen and oxygen atoms in total. The van der Waals surface area contributed by atoms with Gasteiger partial charge < -0.3 is 15.2 Å². The predicted octanol–water partition coefficient (Wildman–Crippen LogP) is 5.75. The zero-order valence-corrected chi connectivity index (χ0v) is 18.1. The molecule has 0 radical (unpaired) electrons. The van der Waals surface area contributed by atoms with E-state index < -0.39 is 6.10 Å². The third-order valence-electron chi connectivity index (χ3n) is 4.77. The third kappa shape index (κ3) is 6.57. The summed E-state index contributed by atoms with van der Waals surface area (Å²) in [5.74, 6) is 0.788. The van der Waals surface area contributed by atoms with Gasteiger partial charge in [-0.3, -0.25) is 0 Å². The zero-order valence-electron chi connectivity index (χ0n) is 16.5. The molecule has 0 saturated heterocycles. The molecule has 3 aromatic carbocycles. The molecule has 4 heteroatoms. The average Bonchev–Trinajstić information content (AvgIpc) is 2.76. The van der Waals surface area contributed by atoms with Crippen molar-refractivity contribution < 1.29 is 9.84 Å². The summed E-state index contributed by atoms with van der Waals surface area (Å²) in [6.07, 6.45) is 2.10. The second-order valence-electron chi connectivity index (χ2n) is 6.85. The summed E-state index contributed by atoms with van der Waals surface area (Å²) in [5, 5.41) is 14.1. The molecule has 0 aliphatic carbocycles. The van der Waals surface area contributed by atoms with Crippen LogP contribution in [0, 0.1) is 0 Å². The molecule has 150 valence electrons. The molecule has 29 heavy (non-hydrogen) atoms. The van der Waals surface area contributed by atoms with Crippen molar-refractivity contribution in [1.29, 1.82) is 0 Å². The first-order valence-electron chi connectivity index (χ1n) is 9.67. The van der Waals surface area contributed by atoms with Gasteiger partial charge in [-0.15, -0.1) is 0 Å². The van der Waals surface area contributed by atoms with Crippen molar-refractivity contribution in [3.8, 4) is 5.75 Å². The summed E-state index contributed by atoms with van der Waals surface area (Å²) in [5.41, 5.74) is 4.43. The number of benzene rings is 3. The number of halogens is 1. The van der Waals surface area contributed by atoms with Crippen molar-refractivity contribution in [2.75, 3.05) is 13.7 Å². The van der Waals surface area contributed by atoms with E-state index >= 15 is 0 Å². The summed E-state index contributed by atoms with van der Waals surface area (Å²) in [4.78, 5) is 0. The van der Waals surface area contributed by atoms with Crippen molar-refractivity contribution in [3.05, 3.63) is 106 Å². The number of hydrogen-bond acceptors (Lipinski definition) is 3. The van der Waals surface area contributed by atoms with Gasteiger partial charge in [0, 0.05) is 17.6 Å². The predicted molar refractivity (Wildman–Crippen MR) is 123 cm³/mol. The fourth-order valence-corrected chi connectivity index (χ4v) is 3.53. The summed E-state index contributed by atoms with van der Waals surface area (Å²) >= 11 is 3.56. The normalized spacial score (nSPS) is 12.6.